The molecule has 3 aromatic rings. The molecule has 0 saturated heterocycles. The Morgan fingerprint density at radius 2 is 1.89 bits per heavy atom. The number of nitrogens with one attached hydrogen (secondary N) is 2. The Morgan fingerprint density at radius 3 is 2.44 bits per heavy atom. The number of hydrogen-bond acceptors (Lipinski definition) is 7. The molecule has 3 heterocycles. The maximum atomic E-state index is 12.1. The highest BCUT2D eigenvalue weighted by Gasteiger charge is 2.16. The van der Waals surface area contributed by atoms with Crippen LogP contribution >= 0.6 is 0 Å². The molecule has 27 heavy (non-hydrogen) atoms. The van der Waals surface area contributed by atoms with Crippen LogP contribution in [0.25, 0.3) is 5.82 Å². The minimum absolute atomic E-state index is 0.00526. The molecule has 0 unspecified atom stereocenters. The quantitative estimate of drug-likeness (QED) is 0.570. The van der Waals surface area contributed by atoms with Crippen molar-refractivity contribution >= 4 is 15.8 Å². The summed E-state index contributed by atoms with van der Waals surface area (Å²) in [7, 11) is -1.90. The average Bonchev–Trinajstić information content (AvgIpc) is 3.19. The van der Waals surface area contributed by atoms with Crippen molar-refractivity contribution in [1.82, 2.24) is 34.3 Å². The van der Waals surface area contributed by atoms with Crippen molar-refractivity contribution in [3.8, 4) is 5.82 Å². The molecular weight excluding hydrogens is 368 g/mol. The number of anilines is 1. The maximum absolute atomic E-state index is 12.1. The largest absolute Gasteiger partial charge is 0.367 e. The third-order valence-corrected chi connectivity index (χ3v) is 5.55. The van der Waals surface area contributed by atoms with Gasteiger partial charge in [0, 0.05) is 32.0 Å². The molecule has 3 rings (SSSR count). The molecule has 10 nitrogen and oxygen atoms in total. The van der Waals surface area contributed by atoms with Gasteiger partial charge in [-0.15, -0.1) is 10.2 Å². The van der Waals surface area contributed by atoms with Crippen LogP contribution in [0.1, 0.15) is 17.0 Å². The van der Waals surface area contributed by atoms with Gasteiger partial charge in [-0.3, -0.25) is 0 Å². The zero-order chi connectivity index (χ0) is 19.6. The standard InChI is InChI=1S/C16H22N8O2S/c1-11-12(2)22-24(13(11)3)15-6-5-14(20-21-15)17-7-8-19-27(25,26)16-9-23(4)10-18-16/h5-6,9-10,19H,7-8H2,1-4H3,(H,17,20). The number of hydrogen-bond donors (Lipinski definition) is 2. The van der Waals surface area contributed by atoms with Crippen molar-refractivity contribution in [2.24, 2.45) is 7.05 Å². The monoisotopic (exact) mass is 390 g/mol. The molecule has 0 aliphatic rings. The van der Waals surface area contributed by atoms with Crippen molar-refractivity contribution in [2.75, 3.05) is 18.4 Å². The Morgan fingerprint density at radius 1 is 1.11 bits per heavy atom. The van der Waals surface area contributed by atoms with Crippen molar-refractivity contribution in [2.45, 2.75) is 25.8 Å². The van der Waals surface area contributed by atoms with E-state index in [1.165, 1.54) is 12.5 Å². The van der Waals surface area contributed by atoms with Crippen LogP contribution in [0.4, 0.5) is 5.82 Å². The molecule has 0 aliphatic heterocycles. The van der Waals surface area contributed by atoms with E-state index in [4.69, 9.17) is 0 Å². The summed E-state index contributed by atoms with van der Waals surface area (Å²) in [6.45, 7) is 6.51. The third-order valence-electron chi connectivity index (χ3n) is 4.20. The van der Waals surface area contributed by atoms with Gasteiger partial charge in [0.15, 0.2) is 10.8 Å². The molecule has 0 fully saturated rings. The Balaban J connectivity index is 1.55. The second-order valence-corrected chi connectivity index (χ2v) is 7.90. The lowest BCUT2D eigenvalue weighted by atomic mass is 10.2. The fraction of sp³-hybridized carbons (Fsp3) is 0.375. The lowest BCUT2D eigenvalue weighted by Crippen LogP contribution is -2.29. The Hall–Kier alpha value is -2.79. The van der Waals surface area contributed by atoms with Gasteiger partial charge in [0.25, 0.3) is 10.0 Å². The number of rotatable bonds is 7. The van der Waals surface area contributed by atoms with E-state index >= 15 is 0 Å². The van der Waals surface area contributed by atoms with Crippen LogP contribution in [0.3, 0.4) is 0 Å². The summed E-state index contributed by atoms with van der Waals surface area (Å²) in [5.41, 5.74) is 3.10. The first-order valence-electron chi connectivity index (χ1n) is 8.36. The highest BCUT2D eigenvalue weighted by molar-refractivity contribution is 7.89. The van der Waals surface area contributed by atoms with Gasteiger partial charge in [-0.05, 0) is 38.5 Å². The molecular formula is C16H22N8O2S. The molecule has 0 aromatic carbocycles. The zero-order valence-electron chi connectivity index (χ0n) is 15.6. The molecule has 0 saturated carbocycles. The first-order valence-corrected chi connectivity index (χ1v) is 9.84. The summed E-state index contributed by atoms with van der Waals surface area (Å²) in [5.74, 6) is 1.18. The number of aromatic nitrogens is 6. The number of nitrogens with zero attached hydrogens (tertiary/aromatic N) is 6. The van der Waals surface area contributed by atoms with Gasteiger partial charge in [-0.2, -0.15) is 5.10 Å². The first kappa shape index (κ1) is 19.0. The van der Waals surface area contributed by atoms with Gasteiger partial charge in [-0.1, -0.05) is 0 Å². The predicted molar refractivity (Wildman–Crippen MR) is 100 cm³/mol. The minimum atomic E-state index is -3.61. The summed E-state index contributed by atoms with van der Waals surface area (Å²) in [6, 6.07) is 3.59. The van der Waals surface area contributed by atoms with Crippen molar-refractivity contribution < 1.29 is 8.42 Å². The van der Waals surface area contributed by atoms with E-state index in [1.807, 2.05) is 26.8 Å². The van der Waals surface area contributed by atoms with Crippen LogP contribution in [0.15, 0.2) is 29.7 Å². The van der Waals surface area contributed by atoms with Gasteiger partial charge in [0.2, 0.25) is 0 Å². The second-order valence-electron chi connectivity index (χ2n) is 6.19. The van der Waals surface area contributed by atoms with Gasteiger partial charge in [-0.25, -0.2) is 22.8 Å². The highest BCUT2D eigenvalue weighted by Crippen LogP contribution is 2.15. The van der Waals surface area contributed by atoms with E-state index in [-0.39, 0.29) is 11.6 Å². The van der Waals surface area contributed by atoms with E-state index in [9.17, 15) is 8.42 Å². The zero-order valence-corrected chi connectivity index (χ0v) is 16.4. The summed E-state index contributed by atoms with van der Waals surface area (Å²) in [6.07, 6.45) is 2.88. The van der Waals surface area contributed by atoms with E-state index in [1.54, 1.807) is 22.4 Å². The van der Waals surface area contributed by atoms with Crippen LogP contribution in [0, 0.1) is 20.8 Å². The van der Waals surface area contributed by atoms with Gasteiger partial charge >= 0.3 is 0 Å². The molecule has 0 atom stereocenters. The fourth-order valence-electron chi connectivity index (χ4n) is 2.45. The average molecular weight is 390 g/mol. The van der Waals surface area contributed by atoms with Crippen molar-refractivity contribution in [3.05, 3.63) is 41.6 Å². The predicted octanol–water partition coefficient (Wildman–Crippen LogP) is 0.711. The maximum Gasteiger partial charge on any atom is 0.259 e. The van der Waals surface area contributed by atoms with E-state index in [2.05, 4.69) is 30.3 Å². The highest BCUT2D eigenvalue weighted by atomic mass is 32.2. The summed E-state index contributed by atoms with van der Waals surface area (Å²) in [5, 5.41) is 15.8. The van der Waals surface area contributed by atoms with Crippen molar-refractivity contribution in [3.63, 3.8) is 0 Å². The van der Waals surface area contributed by atoms with Gasteiger partial charge in [0.1, 0.15) is 5.82 Å². The number of sulfonamides is 1. The molecule has 0 bridgehead atoms. The van der Waals surface area contributed by atoms with Crippen LogP contribution < -0.4 is 10.0 Å². The fourth-order valence-corrected chi connectivity index (χ4v) is 3.46. The van der Waals surface area contributed by atoms with Crippen LogP contribution in [-0.4, -0.2) is 51.0 Å². The molecule has 0 amide bonds. The molecule has 2 N–H and O–H groups in total. The minimum Gasteiger partial charge on any atom is -0.367 e. The summed E-state index contributed by atoms with van der Waals surface area (Å²) in [4.78, 5) is 3.84. The Labute approximate surface area is 157 Å². The van der Waals surface area contributed by atoms with Gasteiger partial charge < -0.3 is 9.88 Å². The molecule has 3 aromatic heterocycles. The smallest absolute Gasteiger partial charge is 0.259 e. The SMILES string of the molecule is Cc1nn(-c2ccc(NCCNS(=O)(=O)c3cn(C)cn3)nn2)c(C)c1C. The van der Waals surface area contributed by atoms with Crippen molar-refractivity contribution in [1.29, 1.82) is 0 Å². The molecule has 0 spiro atoms. The molecule has 0 aliphatic carbocycles. The molecule has 11 heteroatoms. The van der Waals surface area contributed by atoms with E-state index in [0.717, 1.165) is 17.0 Å². The van der Waals surface area contributed by atoms with Crippen LogP contribution in [0.2, 0.25) is 0 Å². The third kappa shape index (κ3) is 4.14. The van der Waals surface area contributed by atoms with Crippen LogP contribution in [-0.2, 0) is 17.1 Å². The Kier molecular flexibility index (Phi) is 5.24. The topological polar surface area (TPSA) is 120 Å². The second kappa shape index (κ2) is 7.45. The summed E-state index contributed by atoms with van der Waals surface area (Å²) >= 11 is 0. The lowest BCUT2D eigenvalue weighted by molar-refractivity contribution is 0.579. The Bertz CT molecular complexity index is 1040. The molecule has 0 radical (unpaired) electrons. The van der Waals surface area contributed by atoms with E-state index < -0.39 is 10.0 Å². The molecule has 144 valence electrons. The summed E-state index contributed by atoms with van der Waals surface area (Å²) < 4.78 is 29.9. The van der Waals surface area contributed by atoms with Crippen LogP contribution in [0.5, 0.6) is 0 Å². The van der Waals surface area contributed by atoms with Gasteiger partial charge in [0.05, 0.1) is 12.0 Å². The number of imidazole rings is 1. The first-order chi connectivity index (χ1) is 12.8. The lowest BCUT2D eigenvalue weighted by Gasteiger charge is -2.07. The normalized spacial score (nSPS) is 11.7. The number of aryl methyl sites for hydroxylation is 2. The van der Waals surface area contributed by atoms with E-state index in [0.29, 0.717) is 18.2 Å².